The molecule has 0 amide bonds. The third-order valence-corrected chi connectivity index (χ3v) is 6.05. The highest BCUT2D eigenvalue weighted by atomic mass is 32.2. The Bertz CT molecular complexity index is 912. The second-order valence-corrected chi connectivity index (χ2v) is 7.97. The number of para-hydroxylation sites is 2. The molecule has 0 N–H and O–H groups in total. The van der Waals surface area contributed by atoms with E-state index in [0.29, 0.717) is 18.8 Å². The zero-order valence-electron chi connectivity index (χ0n) is 14.0. The summed E-state index contributed by atoms with van der Waals surface area (Å²) in [7, 11) is -3.88. The molecule has 2 aromatic rings. The molecule has 0 saturated carbocycles. The molecule has 0 aromatic heterocycles. The fraction of sp³-hybridized carbons (Fsp3) is 0.294. The van der Waals surface area contributed by atoms with Crippen LogP contribution in [0, 0.1) is 10.1 Å². The molecule has 1 heterocycles. The molecule has 1 aliphatic heterocycles. The van der Waals surface area contributed by atoms with Crippen molar-refractivity contribution in [2.45, 2.75) is 24.8 Å². The molecule has 2 aromatic carbocycles. The zero-order valence-corrected chi connectivity index (χ0v) is 14.8. The normalized spacial score (nSPS) is 14.5. The van der Waals surface area contributed by atoms with Crippen molar-refractivity contribution in [1.29, 1.82) is 0 Å². The molecule has 132 valence electrons. The summed E-state index contributed by atoms with van der Waals surface area (Å²) in [6.07, 6.45) is 0. The summed E-state index contributed by atoms with van der Waals surface area (Å²) in [6, 6.07) is 12.7. The maximum absolute atomic E-state index is 13.1. The van der Waals surface area contributed by atoms with Crippen LogP contribution < -0.4 is 9.21 Å². The van der Waals surface area contributed by atoms with Crippen LogP contribution in [0.5, 0.6) is 0 Å². The number of nitro groups is 1. The molecule has 7 nitrogen and oxygen atoms in total. The van der Waals surface area contributed by atoms with Gasteiger partial charge in [0.2, 0.25) is 0 Å². The number of non-ortho nitro benzene ring substituents is 1. The first-order valence-corrected chi connectivity index (χ1v) is 9.39. The Labute approximate surface area is 146 Å². The minimum atomic E-state index is -3.88. The first-order valence-electron chi connectivity index (χ1n) is 7.95. The summed E-state index contributed by atoms with van der Waals surface area (Å²) < 4.78 is 27.5. The number of nitrogens with zero attached hydrogens (tertiary/aromatic N) is 3. The quantitative estimate of drug-likeness (QED) is 0.617. The number of hydrogen-bond acceptors (Lipinski definition) is 5. The molecule has 3 rings (SSSR count). The van der Waals surface area contributed by atoms with Crippen LogP contribution in [0.25, 0.3) is 0 Å². The van der Waals surface area contributed by atoms with Crippen molar-refractivity contribution in [2.24, 2.45) is 0 Å². The smallest absolute Gasteiger partial charge is 0.270 e. The van der Waals surface area contributed by atoms with Gasteiger partial charge in [-0.1, -0.05) is 18.2 Å². The number of fused-ring (bicyclic) bond motifs is 1. The van der Waals surface area contributed by atoms with Crippen molar-refractivity contribution in [1.82, 2.24) is 0 Å². The van der Waals surface area contributed by atoms with Crippen molar-refractivity contribution >= 4 is 27.1 Å². The highest BCUT2D eigenvalue weighted by Crippen LogP contribution is 2.37. The summed E-state index contributed by atoms with van der Waals surface area (Å²) in [6.45, 7) is 4.96. The Hall–Kier alpha value is -2.61. The van der Waals surface area contributed by atoms with Crippen molar-refractivity contribution in [3.8, 4) is 0 Å². The van der Waals surface area contributed by atoms with Gasteiger partial charge in [0, 0.05) is 24.7 Å². The van der Waals surface area contributed by atoms with Gasteiger partial charge >= 0.3 is 0 Å². The van der Waals surface area contributed by atoms with Gasteiger partial charge in [-0.15, -0.1) is 0 Å². The third kappa shape index (κ3) is 3.05. The summed E-state index contributed by atoms with van der Waals surface area (Å²) >= 11 is 0. The van der Waals surface area contributed by atoms with Crippen LogP contribution >= 0.6 is 0 Å². The van der Waals surface area contributed by atoms with Crippen molar-refractivity contribution in [2.75, 3.05) is 22.3 Å². The lowest BCUT2D eigenvalue weighted by Gasteiger charge is -2.40. The van der Waals surface area contributed by atoms with Gasteiger partial charge in [-0.3, -0.25) is 14.4 Å². The topological polar surface area (TPSA) is 83.8 Å². The molecule has 8 heteroatoms. The van der Waals surface area contributed by atoms with Crippen LogP contribution in [0.3, 0.4) is 0 Å². The predicted octanol–water partition coefficient (Wildman–Crippen LogP) is 3.02. The Morgan fingerprint density at radius 1 is 1.04 bits per heavy atom. The van der Waals surface area contributed by atoms with Gasteiger partial charge in [-0.25, -0.2) is 8.42 Å². The first kappa shape index (κ1) is 17.2. The van der Waals surface area contributed by atoms with Crippen LogP contribution in [-0.4, -0.2) is 32.5 Å². The summed E-state index contributed by atoms with van der Waals surface area (Å²) in [5, 5.41) is 11.0. The van der Waals surface area contributed by atoms with Gasteiger partial charge in [0.1, 0.15) is 0 Å². The van der Waals surface area contributed by atoms with Crippen LogP contribution in [0.4, 0.5) is 17.1 Å². The molecule has 1 aliphatic rings. The second-order valence-electron chi connectivity index (χ2n) is 6.11. The highest BCUT2D eigenvalue weighted by Gasteiger charge is 2.33. The van der Waals surface area contributed by atoms with E-state index in [1.165, 1.54) is 22.5 Å². The van der Waals surface area contributed by atoms with E-state index in [9.17, 15) is 18.5 Å². The molecule has 0 radical (unpaired) electrons. The van der Waals surface area contributed by atoms with E-state index in [-0.39, 0.29) is 16.6 Å². The minimum absolute atomic E-state index is 0.0745. The largest absolute Gasteiger partial charge is 0.366 e. The molecule has 0 bridgehead atoms. The van der Waals surface area contributed by atoms with Crippen molar-refractivity contribution in [3.05, 3.63) is 58.6 Å². The summed E-state index contributed by atoms with van der Waals surface area (Å²) in [5.41, 5.74) is 1.20. The SMILES string of the molecule is CC(C)N1CCN(S(=O)(=O)c2cccc([N+](=O)[O-])c2)c2ccccc21. The van der Waals surface area contributed by atoms with Gasteiger partial charge in [-0.2, -0.15) is 0 Å². The first-order chi connectivity index (χ1) is 11.8. The Kier molecular flexibility index (Phi) is 4.38. The van der Waals surface area contributed by atoms with Crippen LogP contribution in [0.2, 0.25) is 0 Å². The lowest BCUT2D eigenvalue weighted by atomic mass is 10.1. The highest BCUT2D eigenvalue weighted by molar-refractivity contribution is 7.92. The van der Waals surface area contributed by atoms with Gasteiger partial charge in [0.25, 0.3) is 15.7 Å². The van der Waals surface area contributed by atoms with E-state index < -0.39 is 14.9 Å². The van der Waals surface area contributed by atoms with Gasteiger partial charge < -0.3 is 4.90 Å². The summed E-state index contributed by atoms with van der Waals surface area (Å²) in [4.78, 5) is 12.4. The summed E-state index contributed by atoms with van der Waals surface area (Å²) in [5.74, 6) is 0. The maximum Gasteiger partial charge on any atom is 0.270 e. The molecule has 0 fully saturated rings. The zero-order chi connectivity index (χ0) is 18.2. The van der Waals surface area contributed by atoms with Gasteiger partial charge in [0.15, 0.2) is 0 Å². The minimum Gasteiger partial charge on any atom is -0.366 e. The van der Waals surface area contributed by atoms with Crippen molar-refractivity contribution < 1.29 is 13.3 Å². The molecule has 0 saturated heterocycles. The molecule has 0 atom stereocenters. The molecule has 25 heavy (non-hydrogen) atoms. The van der Waals surface area contributed by atoms with Crippen LogP contribution in [0.1, 0.15) is 13.8 Å². The number of nitro benzene ring substituents is 1. The second kappa shape index (κ2) is 6.36. The van der Waals surface area contributed by atoms with Gasteiger partial charge in [0.05, 0.1) is 27.7 Å². The number of hydrogen-bond donors (Lipinski definition) is 0. The van der Waals surface area contributed by atoms with E-state index in [4.69, 9.17) is 0 Å². The number of sulfonamides is 1. The van der Waals surface area contributed by atoms with Crippen LogP contribution in [-0.2, 0) is 10.0 Å². The van der Waals surface area contributed by atoms with Gasteiger partial charge in [-0.05, 0) is 32.0 Å². The van der Waals surface area contributed by atoms with E-state index in [1.54, 1.807) is 12.1 Å². The third-order valence-electron chi connectivity index (χ3n) is 4.24. The van der Waals surface area contributed by atoms with E-state index in [1.807, 2.05) is 12.1 Å². The Morgan fingerprint density at radius 3 is 2.36 bits per heavy atom. The fourth-order valence-corrected chi connectivity index (χ4v) is 4.54. The lowest BCUT2D eigenvalue weighted by molar-refractivity contribution is -0.385. The average Bonchev–Trinajstić information content (AvgIpc) is 2.60. The maximum atomic E-state index is 13.1. The predicted molar refractivity (Wildman–Crippen MR) is 96.6 cm³/mol. The Balaban J connectivity index is 2.08. The molecule has 0 spiro atoms. The number of benzene rings is 2. The monoisotopic (exact) mass is 361 g/mol. The van der Waals surface area contributed by atoms with Crippen LogP contribution in [0.15, 0.2) is 53.4 Å². The van der Waals surface area contributed by atoms with E-state index in [2.05, 4.69) is 18.7 Å². The lowest BCUT2D eigenvalue weighted by Crippen LogP contribution is -2.46. The number of rotatable bonds is 4. The number of anilines is 2. The standard InChI is InChI=1S/C17H19N3O4S/c1-13(2)18-10-11-19(17-9-4-3-8-16(17)18)25(23,24)15-7-5-6-14(12-15)20(21)22/h3-9,12-13H,10-11H2,1-2H3. The molecular formula is C17H19N3O4S. The Morgan fingerprint density at radius 2 is 1.72 bits per heavy atom. The average molecular weight is 361 g/mol. The molecule has 0 aliphatic carbocycles. The van der Waals surface area contributed by atoms with Crippen molar-refractivity contribution in [3.63, 3.8) is 0 Å². The molecule has 0 unspecified atom stereocenters. The van der Waals surface area contributed by atoms with E-state index in [0.717, 1.165) is 11.8 Å². The fourth-order valence-electron chi connectivity index (χ4n) is 3.03. The molecular weight excluding hydrogens is 342 g/mol. The van der Waals surface area contributed by atoms with E-state index >= 15 is 0 Å².